The molecule has 1 N–H and O–H groups in total. The monoisotopic (exact) mass is 358 g/mol. The third kappa shape index (κ3) is 2.50. The lowest BCUT2D eigenvalue weighted by Crippen LogP contribution is -2.52. The number of aliphatic hydroxyl groups is 1. The van der Waals surface area contributed by atoms with Gasteiger partial charge < -0.3 is 9.90 Å². The lowest BCUT2D eigenvalue weighted by molar-refractivity contribution is -0.115. The van der Waals surface area contributed by atoms with E-state index in [0.717, 1.165) is 43.4 Å². The quantitative estimate of drug-likeness (QED) is 0.531. The predicted octanol–water partition coefficient (Wildman–Crippen LogP) is 5.54. The summed E-state index contributed by atoms with van der Waals surface area (Å²) in [5.74, 6) is 3.16. The zero-order chi connectivity index (χ0) is 18.7. The Morgan fingerprint density at radius 3 is 2.65 bits per heavy atom. The van der Waals surface area contributed by atoms with Crippen LogP contribution in [-0.4, -0.2) is 17.0 Å². The third-order valence-corrected chi connectivity index (χ3v) is 9.84. The lowest BCUT2D eigenvalue weighted by atomic mass is 9.46. The number of fused-ring (bicyclic) bond motifs is 5. The van der Waals surface area contributed by atoms with Gasteiger partial charge in [0.15, 0.2) is 0 Å². The van der Waals surface area contributed by atoms with Gasteiger partial charge in [-0.2, -0.15) is 0 Å². The summed E-state index contributed by atoms with van der Waals surface area (Å²) in [6.45, 7) is 9.29. The van der Waals surface area contributed by atoms with Gasteiger partial charge in [-0.3, -0.25) is 0 Å². The molecule has 0 aromatic carbocycles. The Hall–Kier alpha value is -0.630. The molecule has 4 rings (SSSR count). The van der Waals surface area contributed by atoms with Crippen LogP contribution in [0, 0.1) is 40.4 Å². The van der Waals surface area contributed by atoms with E-state index < -0.39 is 5.60 Å². The molecule has 0 aromatic rings. The van der Waals surface area contributed by atoms with E-state index in [-0.39, 0.29) is 5.92 Å². The summed E-state index contributed by atoms with van der Waals surface area (Å²) < 4.78 is 0. The summed E-state index contributed by atoms with van der Waals surface area (Å²) in [5, 5.41) is 10.9. The number of hydrogen-bond acceptors (Lipinski definition) is 2. The lowest BCUT2D eigenvalue weighted by Gasteiger charge is -2.59. The van der Waals surface area contributed by atoms with Crippen molar-refractivity contribution in [3.8, 4) is 0 Å². The zero-order valence-electron chi connectivity index (χ0n) is 17.3. The van der Waals surface area contributed by atoms with Crippen LogP contribution in [0.15, 0.2) is 11.6 Å². The van der Waals surface area contributed by atoms with Crippen molar-refractivity contribution < 1.29 is 9.90 Å². The van der Waals surface area contributed by atoms with Gasteiger partial charge in [-0.05, 0) is 92.3 Å². The highest BCUT2D eigenvalue weighted by Gasteiger charge is 2.59. The van der Waals surface area contributed by atoms with Gasteiger partial charge >= 0.3 is 0 Å². The largest absolute Gasteiger partial charge is 0.390 e. The Morgan fingerprint density at radius 2 is 1.96 bits per heavy atom. The minimum Gasteiger partial charge on any atom is -0.390 e. The zero-order valence-corrected chi connectivity index (χ0v) is 17.3. The second-order valence-corrected chi connectivity index (χ2v) is 10.7. The molecule has 0 aliphatic heterocycles. The van der Waals surface area contributed by atoms with E-state index in [9.17, 15) is 9.90 Å². The van der Waals surface area contributed by atoms with Crippen molar-refractivity contribution in [1.82, 2.24) is 0 Å². The minimum absolute atomic E-state index is 0.209. The predicted molar refractivity (Wildman–Crippen MR) is 106 cm³/mol. The first-order chi connectivity index (χ1) is 12.3. The smallest absolute Gasteiger partial charge is 0.123 e. The maximum atomic E-state index is 11.5. The van der Waals surface area contributed by atoms with Crippen molar-refractivity contribution in [2.24, 2.45) is 40.4 Å². The Morgan fingerprint density at radius 1 is 1.19 bits per heavy atom. The van der Waals surface area contributed by atoms with Gasteiger partial charge in [-0.25, -0.2) is 0 Å². The molecule has 2 nitrogen and oxygen atoms in total. The summed E-state index contributed by atoms with van der Waals surface area (Å²) in [7, 11) is 0. The molecule has 0 unspecified atom stereocenters. The molecule has 146 valence electrons. The number of carbonyl (C=O) groups excluding carboxylic acids is 1. The van der Waals surface area contributed by atoms with Gasteiger partial charge in [0.25, 0.3) is 0 Å². The SMILES string of the molecule is CC[C@]1(O)CC[C@@]2(C)C(=CC[C@H]3[C@@H]4CC[C@H]([C@H](C)C=O)[C@@]4(C)CC[C@@H]32)C1. The van der Waals surface area contributed by atoms with Crippen molar-refractivity contribution >= 4 is 6.29 Å². The Bertz CT molecular complexity index is 609. The van der Waals surface area contributed by atoms with Gasteiger partial charge in [-0.15, -0.1) is 0 Å². The highest BCUT2D eigenvalue weighted by molar-refractivity contribution is 5.53. The van der Waals surface area contributed by atoms with Crippen LogP contribution in [0.1, 0.15) is 85.5 Å². The van der Waals surface area contributed by atoms with Gasteiger partial charge in [0.2, 0.25) is 0 Å². The molecule has 3 fully saturated rings. The van der Waals surface area contributed by atoms with Crippen LogP contribution in [0.5, 0.6) is 0 Å². The van der Waals surface area contributed by atoms with E-state index in [2.05, 4.69) is 33.8 Å². The van der Waals surface area contributed by atoms with Crippen molar-refractivity contribution in [3.63, 3.8) is 0 Å². The fourth-order valence-corrected chi connectivity index (χ4v) is 8.01. The Labute approximate surface area is 159 Å². The van der Waals surface area contributed by atoms with Crippen LogP contribution in [-0.2, 0) is 4.79 Å². The Kier molecular flexibility index (Phi) is 4.46. The average molecular weight is 359 g/mol. The van der Waals surface area contributed by atoms with Crippen LogP contribution in [0.4, 0.5) is 0 Å². The molecular formula is C24H38O2. The van der Waals surface area contributed by atoms with Crippen LogP contribution in [0.25, 0.3) is 0 Å². The number of hydrogen-bond donors (Lipinski definition) is 1. The molecule has 0 saturated heterocycles. The topological polar surface area (TPSA) is 37.3 Å². The van der Waals surface area contributed by atoms with Gasteiger partial charge in [0.1, 0.15) is 6.29 Å². The molecule has 0 bridgehead atoms. The molecule has 0 aromatic heterocycles. The van der Waals surface area contributed by atoms with Crippen molar-refractivity contribution in [3.05, 3.63) is 11.6 Å². The van der Waals surface area contributed by atoms with E-state index in [0.29, 0.717) is 16.7 Å². The van der Waals surface area contributed by atoms with E-state index in [1.54, 1.807) is 5.57 Å². The van der Waals surface area contributed by atoms with Crippen LogP contribution in [0.3, 0.4) is 0 Å². The maximum Gasteiger partial charge on any atom is 0.123 e. The fraction of sp³-hybridized carbons (Fsp3) is 0.875. The third-order valence-electron chi connectivity index (χ3n) is 9.84. The number of allylic oxidation sites excluding steroid dienone is 1. The van der Waals surface area contributed by atoms with Crippen LogP contribution in [0.2, 0.25) is 0 Å². The number of carbonyl (C=O) groups is 1. The second kappa shape index (κ2) is 6.19. The number of aldehydes is 1. The second-order valence-electron chi connectivity index (χ2n) is 10.7. The maximum absolute atomic E-state index is 11.5. The van der Waals surface area contributed by atoms with Crippen LogP contribution < -0.4 is 0 Å². The Balaban J connectivity index is 1.62. The molecule has 0 spiro atoms. The standard InChI is InChI=1S/C24H38O2/c1-5-24(26)13-12-22(3)17(14-24)6-7-18-20-9-8-19(16(2)15-25)23(20,4)11-10-21(18)22/h6,15-16,18-21,26H,5,7-14H2,1-4H3/t16-,18+,19-,20+,21+,22+,23-,24+/m1/s1. The van der Waals surface area contributed by atoms with Gasteiger partial charge in [0, 0.05) is 5.92 Å². The molecule has 26 heavy (non-hydrogen) atoms. The molecular weight excluding hydrogens is 320 g/mol. The summed E-state index contributed by atoms with van der Waals surface area (Å²) >= 11 is 0. The first kappa shape index (κ1) is 18.7. The first-order valence-corrected chi connectivity index (χ1v) is 11.1. The summed E-state index contributed by atoms with van der Waals surface area (Å²) in [4.78, 5) is 11.5. The van der Waals surface area contributed by atoms with E-state index >= 15 is 0 Å². The van der Waals surface area contributed by atoms with Crippen molar-refractivity contribution in [2.75, 3.05) is 0 Å². The molecule has 0 amide bonds. The molecule has 0 radical (unpaired) electrons. The molecule has 2 heteroatoms. The highest BCUT2D eigenvalue weighted by Crippen LogP contribution is 2.67. The minimum atomic E-state index is -0.459. The molecule has 0 heterocycles. The molecule has 3 saturated carbocycles. The number of rotatable bonds is 3. The summed E-state index contributed by atoms with van der Waals surface area (Å²) in [5.41, 5.74) is 1.77. The highest BCUT2D eigenvalue weighted by atomic mass is 16.3. The van der Waals surface area contributed by atoms with Gasteiger partial charge in [0.05, 0.1) is 5.60 Å². The normalized spacial score (nSPS) is 51.7. The van der Waals surface area contributed by atoms with Crippen molar-refractivity contribution in [1.29, 1.82) is 0 Å². The van der Waals surface area contributed by atoms with Crippen molar-refractivity contribution in [2.45, 2.75) is 91.1 Å². The fourth-order valence-electron chi connectivity index (χ4n) is 8.01. The molecule has 4 aliphatic carbocycles. The average Bonchev–Trinajstić information content (AvgIpc) is 2.99. The van der Waals surface area contributed by atoms with Gasteiger partial charge in [-0.1, -0.05) is 39.3 Å². The molecule has 8 atom stereocenters. The van der Waals surface area contributed by atoms with Crippen LogP contribution >= 0.6 is 0 Å². The first-order valence-electron chi connectivity index (χ1n) is 11.1. The molecule has 4 aliphatic rings. The summed E-state index contributed by atoms with van der Waals surface area (Å²) in [6.07, 6.45) is 14.0. The van der Waals surface area contributed by atoms with E-state index in [1.807, 2.05) is 0 Å². The summed E-state index contributed by atoms with van der Waals surface area (Å²) in [6, 6.07) is 0. The van der Waals surface area contributed by atoms with E-state index in [4.69, 9.17) is 0 Å². The van der Waals surface area contributed by atoms with E-state index in [1.165, 1.54) is 38.4 Å².